The molecule has 0 spiro atoms. The molecular weight excluding hydrogens is 233 g/mol. The van der Waals surface area contributed by atoms with Crippen LogP contribution in [0.5, 0.6) is 0 Å². The molecule has 0 aromatic carbocycles. The topological polar surface area (TPSA) is 37.4 Å². The summed E-state index contributed by atoms with van der Waals surface area (Å²) >= 11 is 0. The van der Waals surface area contributed by atoms with Gasteiger partial charge in [0.25, 0.3) is 15.9 Å². The summed E-state index contributed by atoms with van der Waals surface area (Å²) in [5, 5.41) is -5.24. The van der Waals surface area contributed by atoms with E-state index in [4.69, 9.17) is 0 Å². The van der Waals surface area contributed by atoms with Crippen LogP contribution >= 0.6 is 0 Å². The molecule has 0 amide bonds. The first-order valence-electron chi connectivity index (χ1n) is 3.06. The highest BCUT2D eigenvalue weighted by Gasteiger charge is 2.53. The molecule has 0 unspecified atom stereocenters. The van der Waals surface area contributed by atoms with E-state index in [1.807, 2.05) is 0 Å². The van der Waals surface area contributed by atoms with E-state index < -0.39 is 27.2 Å². The molecule has 0 aliphatic rings. The van der Waals surface area contributed by atoms with Gasteiger partial charge >= 0.3 is 11.3 Å². The normalized spacial score (nSPS) is 13.1. The van der Waals surface area contributed by atoms with Crippen LogP contribution in [0, 0.1) is 0 Å². The van der Waals surface area contributed by atoms with Crippen molar-refractivity contribution in [1.29, 1.82) is 0 Å². The maximum atomic E-state index is 12.6. The monoisotopic (exact) mass is 239 g/mol. The molecule has 0 N–H and O–H groups in total. The second kappa shape index (κ2) is 3.81. The van der Waals surface area contributed by atoms with Crippen molar-refractivity contribution < 1.29 is 30.4 Å². The summed E-state index contributed by atoms with van der Waals surface area (Å²) < 4.78 is 81.4. The third-order valence-electron chi connectivity index (χ3n) is 1.23. The highest BCUT2D eigenvalue weighted by molar-refractivity contribution is 7.90. The summed E-state index contributed by atoms with van der Waals surface area (Å²) in [6, 6.07) is 0. The maximum Gasteiger partial charge on any atom is 0.415 e. The van der Waals surface area contributed by atoms with Crippen molar-refractivity contribution in [2.75, 3.05) is 14.1 Å². The van der Waals surface area contributed by atoms with Gasteiger partial charge < -0.3 is 0 Å². The molecular formula is C5H6F5NO2S. The Labute approximate surface area is 76.9 Å². The number of nitrogens with zero attached hydrogens (tertiary/aromatic N) is 1. The van der Waals surface area contributed by atoms with Gasteiger partial charge in [0.15, 0.2) is 0 Å². The molecule has 0 rings (SSSR count). The summed E-state index contributed by atoms with van der Waals surface area (Å²) in [6.07, 6.45) is -3.36. The Balaban J connectivity index is 5.51. The zero-order valence-electron chi connectivity index (χ0n) is 7.06. The van der Waals surface area contributed by atoms with E-state index in [0.717, 1.165) is 0 Å². The molecule has 0 bridgehead atoms. The summed E-state index contributed by atoms with van der Waals surface area (Å²) in [6.45, 7) is 0. The number of hydrogen-bond acceptors (Lipinski definition) is 2. The number of rotatable bonds is 3. The van der Waals surface area contributed by atoms with E-state index in [9.17, 15) is 30.4 Å². The molecule has 0 heterocycles. The minimum atomic E-state index is -5.43. The van der Waals surface area contributed by atoms with Crippen LogP contribution in [0.4, 0.5) is 22.0 Å². The van der Waals surface area contributed by atoms with Crippen LogP contribution < -0.4 is 0 Å². The molecule has 0 saturated heterocycles. The van der Waals surface area contributed by atoms with Gasteiger partial charge in [-0.15, -0.1) is 0 Å². The third kappa shape index (κ3) is 2.03. The summed E-state index contributed by atoms with van der Waals surface area (Å²) in [5.41, 5.74) is 0. The largest absolute Gasteiger partial charge is 0.415 e. The Morgan fingerprint density at radius 2 is 1.50 bits per heavy atom. The Kier molecular flexibility index (Phi) is 3.62. The Bertz CT molecular complexity index is 343. The SMILES string of the molecule is CN(C)S(=O)(=O)C(F)(F)C(F)=C(F)F. The van der Waals surface area contributed by atoms with E-state index in [1.54, 1.807) is 0 Å². The molecule has 0 fully saturated rings. The fourth-order valence-corrected chi connectivity index (χ4v) is 1.21. The summed E-state index contributed by atoms with van der Waals surface area (Å²) in [4.78, 5) is 0. The Morgan fingerprint density at radius 3 is 1.71 bits per heavy atom. The van der Waals surface area contributed by atoms with Gasteiger partial charge in [-0.05, 0) is 0 Å². The van der Waals surface area contributed by atoms with Gasteiger partial charge in [-0.3, -0.25) is 0 Å². The van der Waals surface area contributed by atoms with Crippen molar-refractivity contribution in [3.8, 4) is 0 Å². The van der Waals surface area contributed by atoms with Gasteiger partial charge in [-0.1, -0.05) is 0 Å². The van der Waals surface area contributed by atoms with Crippen LogP contribution in [-0.4, -0.2) is 32.1 Å². The standard InChI is InChI=1S/C5H6F5NO2S/c1-11(2)14(12,13)5(9,10)3(6)4(7)8/h1-2H3. The van der Waals surface area contributed by atoms with Crippen molar-refractivity contribution in [2.24, 2.45) is 0 Å². The molecule has 3 nitrogen and oxygen atoms in total. The van der Waals surface area contributed by atoms with Gasteiger partial charge in [0.05, 0.1) is 0 Å². The van der Waals surface area contributed by atoms with Gasteiger partial charge in [0.1, 0.15) is 0 Å². The fraction of sp³-hybridized carbons (Fsp3) is 0.600. The lowest BCUT2D eigenvalue weighted by Gasteiger charge is -2.18. The Hall–Kier alpha value is -0.700. The van der Waals surface area contributed by atoms with E-state index in [1.165, 1.54) is 0 Å². The van der Waals surface area contributed by atoms with Crippen LogP contribution in [0.1, 0.15) is 0 Å². The smallest absolute Gasteiger partial charge is 0.205 e. The van der Waals surface area contributed by atoms with Crippen LogP contribution in [0.15, 0.2) is 11.9 Å². The van der Waals surface area contributed by atoms with E-state index in [0.29, 0.717) is 14.1 Å². The molecule has 84 valence electrons. The number of hydrogen-bond donors (Lipinski definition) is 0. The van der Waals surface area contributed by atoms with Crippen molar-refractivity contribution in [2.45, 2.75) is 5.25 Å². The molecule has 14 heavy (non-hydrogen) atoms. The van der Waals surface area contributed by atoms with Gasteiger partial charge in [0, 0.05) is 14.1 Å². The zero-order valence-corrected chi connectivity index (χ0v) is 7.88. The minimum absolute atomic E-state index is 0.0461. The molecule has 0 atom stereocenters. The second-order valence-electron chi connectivity index (χ2n) is 2.38. The van der Waals surface area contributed by atoms with Crippen LogP contribution in [0.3, 0.4) is 0 Å². The Morgan fingerprint density at radius 1 is 1.14 bits per heavy atom. The highest BCUT2D eigenvalue weighted by Crippen LogP contribution is 2.35. The lowest BCUT2D eigenvalue weighted by molar-refractivity contribution is 0.0889. The fourth-order valence-electron chi connectivity index (χ4n) is 0.453. The highest BCUT2D eigenvalue weighted by atomic mass is 32.2. The van der Waals surface area contributed by atoms with Crippen molar-refractivity contribution >= 4 is 10.0 Å². The minimum Gasteiger partial charge on any atom is -0.205 e. The number of sulfonamides is 1. The van der Waals surface area contributed by atoms with Crippen LogP contribution in [-0.2, 0) is 10.0 Å². The predicted molar refractivity (Wildman–Crippen MR) is 37.9 cm³/mol. The first-order chi connectivity index (χ1) is 6.05. The number of alkyl halides is 2. The van der Waals surface area contributed by atoms with Crippen molar-refractivity contribution in [3.63, 3.8) is 0 Å². The van der Waals surface area contributed by atoms with Crippen LogP contribution in [0.2, 0.25) is 0 Å². The second-order valence-corrected chi connectivity index (χ2v) is 4.57. The van der Waals surface area contributed by atoms with Crippen molar-refractivity contribution in [3.05, 3.63) is 11.9 Å². The maximum absolute atomic E-state index is 12.6. The summed E-state index contributed by atoms with van der Waals surface area (Å²) in [5.74, 6) is -3.26. The molecule has 0 saturated carbocycles. The van der Waals surface area contributed by atoms with Crippen LogP contribution in [0.25, 0.3) is 0 Å². The molecule has 0 radical (unpaired) electrons. The van der Waals surface area contributed by atoms with Gasteiger partial charge in [0.2, 0.25) is 0 Å². The average Bonchev–Trinajstić information content (AvgIpc) is 2.01. The van der Waals surface area contributed by atoms with Gasteiger partial charge in [-0.2, -0.15) is 22.0 Å². The zero-order chi connectivity index (χ0) is 11.7. The first-order valence-corrected chi connectivity index (χ1v) is 4.50. The molecule has 0 aliphatic carbocycles. The lowest BCUT2D eigenvalue weighted by Crippen LogP contribution is -2.39. The quantitative estimate of drug-likeness (QED) is 0.701. The third-order valence-corrected chi connectivity index (χ3v) is 3.01. The molecule has 9 heteroatoms. The van der Waals surface area contributed by atoms with E-state index in [-0.39, 0.29) is 4.31 Å². The molecule has 0 aliphatic heterocycles. The molecule has 0 aromatic rings. The van der Waals surface area contributed by atoms with Gasteiger partial charge in [-0.25, -0.2) is 12.7 Å². The first kappa shape index (κ1) is 13.3. The predicted octanol–water partition coefficient (Wildman–Crippen LogP) is 1.55. The number of halogens is 5. The van der Waals surface area contributed by atoms with E-state index >= 15 is 0 Å². The summed E-state index contributed by atoms with van der Waals surface area (Å²) in [7, 11) is -4.09. The lowest BCUT2D eigenvalue weighted by atomic mass is 10.6. The van der Waals surface area contributed by atoms with E-state index in [2.05, 4.69) is 0 Å². The molecule has 0 aromatic heterocycles. The average molecular weight is 239 g/mol. The van der Waals surface area contributed by atoms with Crippen molar-refractivity contribution in [1.82, 2.24) is 4.31 Å².